The second-order valence-electron chi connectivity index (χ2n) is 8.14. The highest BCUT2D eigenvalue weighted by Gasteiger charge is 2.37. The lowest BCUT2D eigenvalue weighted by atomic mass is 10.0. The number of aromatic nitrogens is 3. The van der Waals surface area contributed by atoms with Gasteiger partial charge in [-0.3, -0.25) is 9.69 Å². The fraction of sp³-hybridized carbons (Fsp3) is 0.409. The summed E-state index contributed by atoms with van der Waals surface area (Å²) in [6.45, 7) is 4.46. The smallest absolute Gasteiger partial charge is 0.225 e. The van der Waals surface area contributed by atoms with Gasteiger partial charge in [-0.25, -0.2) is 4.52 Å². The molecule has 6 heteroatoms. The molecule has 1 aliphatic heterocycles. The summed E-state index contributed by atoms with van der Waals surface area (Å²) >= 11 is 0. The third-order valence-corrected chi connectivity index (χ3v) is 6.03. The molecule has 1 saturated carbocycles. The lowest BCUT2D eigenvalue weighted by Gasteiger charge is -2.38. The minimum Gasteiger partial charge on any atom is -0.339 e. The Balaban J connectivity index is 1.45. The fourth-order valence-corrected chi connectivity index (χ4v) is 4.03. The van der Waals surface area contributed by atoms with Crippen LogP contribution in [0, 0.1) is 12.8 Å². The standard InChI is InChI=1S/C22H25N5O/c1-15-3-5-16(6-4-15)18-9-10-19-21(23-24-27(19)13-18)20-14-26(12-11-25(20)2)22(28)17-7-8-17/h3-6,9-10,13,17,20H,7-8,11-12,14H2,1-2H3/t20-/m0/s1. The van der Waals surface area contributed by atoms with Crippen LogP contribution >= 0.6 is 0 Å². The molecule has 0 bridgehead atoms. The number of aryl methyl sites for hydroxylation is 1. The summed E-state index contributed by atoms with van der Waals surface area (Å²) in [7, 11) is 2.11. The van der Waals surface area contributed by atoms with E-state index in [-0.39, 0.29) is 12.0 Å². The number of likely N-dealkylation sites (N-methyl/N-ethyl adjacent to an activating group) is 1. The summed E-state index contributed by atoms with van der Waals surface area (Å²) in [5.41, 5.74) is 5.49. The molecule has 144 valence electrons. The quantitative estimate of drug-likeness (QED) is 0.706. The van der Waals surface area contributed by atoms with Crippen molar-refractivity contribution in [2.24, 2.45) is 5.92 Å². The van der Waals surface area contributed by atoms with E-state index in [1.807, 2.05) is 15.6 Å². The summed E-state index contributed by atoms with van der Waals surface area (Å²) in [4.78, 5) is 16.8. The van der Waals surface area contributed by atoms with Crippen LogP contribution in [0.1, 0.15) is 30.1 Å². The van der Waals surface area contributed by atoms with Crippen LogP contribution in [0.15, 0.2) is 42.6 Å². The van der Waals surface area contributed by atoms with E-state index in [0.717, 1.165) is 42.7 Å². The number of piperazine rings is 1. The zero-order chi connectivity index (χ0) is 19.3. The lowest BCUT2D eigenvalue weighted by Crippen LogP contribution is -2.49. The molecule has 3 heterocycles. The molecular formula is C22H25N5O. The van der Waals surface area contributed by atoms with Crippen LogP contribution in [-0.4, -0.2) is 57.2 Å². The van der Waals surface area contributed by atoms with Gasteiger partial charge in [-0.1, -0.05) is 41.1 Å². The first-order chi connectivity index (χ1) is 13.6. The minimum absolute atomic E-state index is 0.0826. The van der Waals surface area contributed by atoms with Gasteiger partial charge in [-0.05, 0) is 38.4 Å². The lowest BCUT2D eigenvalue weighted by molar-refractivity contribution is -0.135. The third kappa shape index (κ3) is 3.07. The van der Waals surface area contributed by atoms with Crippen LogP contribution < -0.4 is 0 Å². The molecule has 3 aromatic rings. The van der Waals surface area contributed by atoms with Gasteiger partial charge in [0.15, 0.2) is 0 Å². The summed E-state index contributed by atoms with van der Waals surface area (Å²) in [6, 6.07) is 12.8. The molecule has 2 aromatic heterocycles. The van der Waals surface area contributed by atoms with Crippen molar-refractivity contribution >= 4 is 11.4 Å². The van der Waals surface area contributed by atoms with Crippen LogP contribution in [0.3, 0.4) is 0 Å². The molecule has 1 aromatic carbocycles. The summed E-state index contributed by atoms with van der Waals surface area (Å²) < 4.78 is 1.86. The molecule has 2 aliphatic rings. The van der Waals surface area contributed by atoms with Crippen molar-refractivity contribution in [2.75, 3.05) is 26.7 Å². The van der Waals surface area contributed by atoms with Gasteiger partial charge in [-0.15, -0.1) is 5.10 Å². The van der Waals surface area contributed by atoms with Crippen molar-refractivity contribution in [1.82, 2.24) is 24.6 Å². The first-order valence-electron chi connectivity index (χ1n) is 10.0. The number of hydrogen-bond acceptors (Lipinski definition) is 4. The number of hydrogen-bond donors (Lipinski definition) is 0. The van der Waals surface area contributed by atoms with Crippen molar-refractivity contribution in [2.45, 2.75) is 25.8 Å². The molecular weight excluding hydrogens is 350 g/mol. The molecule has 0 N–H and O–H groups in total. The average molecular weight is 375 g/mol. The second kappa shape index (κ2) is 6.71. The number of fused-ring (bicyclic) bond motifs is 1. The number of benzene rings is 1. The number of carbonyl (C=O) groups excluding carboxylic acids is 1. The molecule has 28 heavy (non-hydrogen) atoms. The van der Waals surface area contributed by atoms with E-state index in [2.05, 4.69) is 65.6 Å². The van der Waals surface area contributed by atoms with Gasteiger partial charge in [0.2, 0.25) is 5.91 Å². The van der Waals surface area contributed by atoms with Crippen LogP contribution in [0.2, 0.25) is 0 Å². The zero-order valence-corrected chi connectivity index (χ0v) is 16.4. The van der Waals surface area contributed by atoms with Crippen molar-refractivity contribution < 1.29 is 4.79 Å². The number of rotatable bonds is 3. The Morgan fingerprint density at radius 1 is 1.04 bits per heavy atom. The summed E-state index contributed by atoms with van der Waals surface area (Å²) in [5.74, 6) is 0.578. The Bertz CT molecular complexity index is 1020. The first kappa shape index (κ1) is 17.4. The maximum atomic E-state index is 12.5. The number of nitrogens with zero attached hydrogens (tertiary/aromatic N) is 5. The summed E-state index contributed by atoms with van der Waals surface area (Å²) in [6.07, 6.45) is 4.13. The molecule has 1 amide bonds. The van der Waals surface area contributed by atoms with Gasteiger partial charge in [0, 0.05) is 37.3 Å². The van der Waals surface area contributed by atoms with E-state index in [9.17, 15) is 4.79 Å². The summed E-state index contributed by atoms with van der Waals surface area (Å²) in [5, 5.41) is 8.89. The molecule has 1 aliphatic carbocycles. The van der Waals surface area contributed by atoms with Crippen molar-refractivity contribution in [3.8, 4) is 11.1 Å². The molecule has 0 unspecified atom stereocenters. The van der Waals surface area contributed by atoms with Gasteiger partial charge >= 0.3 is 0 Å². The topological polar surface area (TPSA) is 53.7 Å². The Hall–Kier alpha value is -2.73. The van der Waals surface area contributed by atoms with Crippen molar-refractivity contribution in [3.05, 3.63) is 53.9 Å². The van der Waals surface area contributed by atoms with E-state index >= 15 is 0 Å². The van der Waals surface area contributed by atoms with Gasteiger partial charge < -0.3 is 4.90 Å². The number of carbonyl (C=O) groups is 1. The zero-order valence-electron chi connectivity index (χ0n) is 16.4. The molecule has 1 atom stereocenters. The molecule has 2 fully saturated rings. The Morgan fingerprint density at radius 3 is 2.54 bits per heavy atom. The second-order valence-corrected chi connectivity index (χ2v) is 8.14. The largest absolute Gasteiger partial charge is 0.339 e. The highest BCUT2D eigenvalue weighted by molar-refractivity contribution is 5.81. The Labute approximate surface area is 164 Å². The van der Waals surface area contributed by atoms with Crippen LogP contribution in [0.5, 0.6) is 0 Å². The fourth-order valence-electron chi connectivity index (χ4n) is 4.03. The maximum absolute atomic E-state index is 12.5. The van der Waals surface area contributed by atoms with Gasteiger partial charge in [-0.2, -0.15) is 0 Å². The maximum Gasteiger partial charge on any atom is 0.225 e. The van der Waals surface area contributed by atoms with Crippen LogP contribution in [-0.2, 0) is 4.79 Å². The van der Waals surface area contributed by atoms with E-state index in [4.69, 9.17) is 0 Å². The molecule has 0 spiro atoms. The van der Waals surface area contributed by atoms with Gasteiger partial charge in [0.05, 0.1) is 11.6 Å². The highest BCUT2D eigenvalue weighted by atomic mass is 16.2. The van der Waals surface area contributed by atoms with Crippen molar-refractivity contribution in [3.63, 3.8) is 0 Å². The van der Waals surface area contributed by atoms with Gasteiger partial charge in [0.1, 0.15) is 5.69 Å². The number of amides is 1. The molecule has 5 rings (SSSR count). The average Bonchev–Trinajstić information content (AvgIpc) is 3.48. The predicted molar refractivity (Wildman–Crippen MR) is 108 cm³/mol. The van der Waals surface area contributed by atoms with Gasteiger partial charge in [0.25, 0.3) is 0 Å². The highest BCUT2D eigenvalue weighted by Crippen LogP contribution is 2.34. The number of pyridine rings is 1. The SMILES string of the molecule is Cc1ccc(-c2ccc3c([C@@H]4CN(C(=O)C5CC5)CCN4C)nnn3c2)cc1. The molecule has 0 radical (unpaired) electrons. The normalized spacial score (nSPS) is 20.6. The monoisotopic (exact) mass is 375 g/mol. The minimum atomic E-state index is 0.0826. The van der Waals surface area contributed by atoms with E-state index < -0.39 is 0 Å². The predicted octanol–water partition coefficient (Wildman–Crippen LogP) is 2.93. The Kier molecular flexibility index (Phi) is 4.16. The molecule has 1 saturated heterocycles. The Morgan fingerprint density at radius 2 is 1.79 bits per heavy atom. The van der Waals surface area contributed by atoms with Crippen LogP contribution in [0.25, 0.3) is 16.6 Å². The van der Waals surface area contributed by atoms with Crippen LogP contribution in [0.4, 0.5) is 0 Å². The first-order valence-corrected chi connectivity index (χ1v) is 10.0. The third-order valence-electron chi connectivity index (χ3n) is 6.03. The molecule has 6 nitrogen and oxygen atoms in total. The van der Waals surface area contributed by atoms with Crippen molar-refractivity contribution in [1.29, 1.82) is 0 Å². The van der Waals surface area contributed by atoms with E-state index in [1.54, 1.807) is 0 Å². The van der Waals surface area contributed by atoms with E-state index in [0.29, 0.717) is 12.5 Å². The van der Waals surface area contributed by atoms with E-state index in [1.165, 1.54) is 11.1 Å².